The highest BCUT2D eigenvalue weighted by Crippen LogP contribution is 2.17. The van der Waals surface area contributed by atoms with Crippen LogP contribution in [-0.2, 0) is 17.8 Å². The Morgan fingerprint density at radius 3 is 2.15 bits per heavy atom. The number of carbonyl (C=O) groups excluding carboxylic acids is 1. The summed E-state index contributed by atoms with van der Waals surface area (Å²) in [5.74, 6) is 0.836. The highest BCUT2D eigenvalue weighted by atomic mass is 79.9. The van der Waals surface area contributed by atoms with Gasteiger partial charge in [0.25, 0.3) is 0 Å². The molecule has 1 amide bonds. The molecule has 2 aromatic carbocycles. The molecule has 214 valence electrons. The van der Waals surface area contributed by atoms with Gasteiger partial charge in [-0.25, -0.2) is 0 Å². The van der Waals surface area contributed by atoms with E-state index in [1.54, 1.807) is 11.3 Å². The van der Waals surface area contributed by atoms with Crippen LogP contribution >= 0.6 is 11.3 Å². The molecule has 1 heterocycles. The van der Waals surface area contributed by atoms with E-state index < -0.39 is 0 Å². The van der Waals surface area contributed by atoms with Crippen molar-refractivity contribution >= 4 is 22.9 Å². The summed E-state index contributed by atoms with van der Waals surface area (Å²) < 4.78 is 8.20. The Kier molecular flexibility index (Phi) is 16.8. The summed E-state index contributed by atoms with van der Waals surface area (Å²) in [4.78, 5) is 12.7. The van der Waals surface area contributed by atoms with Crippen LogP contribution in [0.4, 0.5) is 5.69 Å². The topological polar surface area (TPSA) is 42.2 Å². The van der Waals surface area contributed by atoms with Crippen molar-refractivity contribution in [2.24, 2.45) is 0 Å². The normalized spacial score (nSPS) is 10.7. The van der Waals surface area contributed by atoms with Gasteiger partial charge in [0, 0.05) is 18.2 Å². The van der Waals surface area contributed by atoms with Gasteiger partial charge < -0.3 is 27.0 Å². The minimum atomic E-state index is -0.0142. The van der Waals surface area contributed by atoms with E-state index in [1.807, 2.05) is 36.4 Å². The predicted octanol–water partition coefficient (Wildman–Crippen LogP) is 5.66. The molecule has 3 aromatic rings. The molecule has 6 heteroatoms. The molecule has 3 rings (SSSR count). The minimum absolute atomic E-state index is 0. The summed E-state index contributed by atoms with van der Waals surface area (Å²) in [6.07, 6.45) is 16.4. The van der Waals surface area contributed by atoms with Crippen molar-refractivity contribution in [3.05, 3.63) is 76.2 Å². The number of anilines is 1. The van der Waals surface area contributed by atoms with Crippen LogP contribution in [0.25, 0.3) is 0 Å². The maximum atomic E-state index is 12.7. The van der Waals surface area contributed by atoms with Crippen molar-refractivity contribution < 1.29 is 31.1 Å². The standard InChI is InChI=1S/C33H46N2O2S.BrH/c1-3-4-5-6-7-8-9-10-11-12-13-14-21-37-32-20-16-17-29(23-32)24-33(36)34-31-19-15-18-30(22-31)25-35-27-38-26-28(35)2;/h15-20,22-23,26-27H,3-14,21,24-25H2,1-2H3;1H. The summed E-state index contributed by atoms with van der Waals surface area (Å²) in [6, 6.07) is 16.0. The SMILES string of the molecule is CCCCCCCCCCCCCCOc1cccc(CC(=O)Nc2cccc(C[n+]3cscc3C)c2)c1.[Br-]. The number of hydrogen-bond acceptors (Lipinski definition) is 3. The van der Waals surface area contributed by atoms with Crippen molar-refractivity contribution in [3.63, 3.8) is 0 Å². The molecule has 0 spiro atoms. The maximum absolute atomic E-state index is 12.7. The van der Waals surface area contributed by atoms with Gasteiger partial charge >= 0.3 is 0 Å². The number of thiazole rings is 1. The highest BCUT2D eigenvalue weighted by Gasteiger charge is 2.10. The van der Waals surface area contributed by atoms with Crippen LogP contribution in [-0.4, -0.2) is 12.5 Å². The second-order valence-corrected chi connectivity index (χ2v) is 11.2. The molecule has 4 nitrogen and oxygen atoms in total. The summed E-state index contributed by atoms with van der Waals surface area (Å²) in [6.45, 7) is 5.93. The maximum Gasteiger partial charge on any atom is 0.228 e. The van der Waals surface area contributed by atoms with Crippen molar-refractivity contribution in [1.29, 1.82) is 0 Å². The van der Waals surface area contributed by atoms with Crippen LogP contribution in [0, 0.1) is 6.92 Å². The molecule has 0 bridgehead atoms. The number of nitrogens with one attached hydrogen (secondary N) is 1. The van der Waals surface area contributed by atoms with Crippen LogP contribution in [0.2, 0.25) is 0 Å². The van der Waals surface area contributed by atoms with E-state index in [2.05, 4.69) is 46.8 Å². The van der Waals surface area contributed by atoms with Gasteiger partial charge in [-0.15, -0.1) is 0 Å². The Morgan fingerprint density at radius 1 is 0.846 bits per heavy atom. The molecule has 0 atom stereocenters. The molecule has 1 aromatic heterocycles. The van der Waals surface area contributed by atoms with Crippen molar-refractivity contribution in [1.82, 2.24) is 0 Å². The number of halogens is 1. The van der Waals surface area contributed by atoms with E-state index in [4.69, 9.17) is 4.74 Å². The monoisotopic (exact) mass is 614 g/mol. The van der Waals surface area contributed by atoms with Gasteiger partial charge in [0.1, 0.15) is 5.75 Å². The fourth-order valence-corrected chi connectivity index (χ4v) is 5.51. The Morgan fingerprint density at radius 2 is 1.49 bits per heavy atom. The third kappa shape index (κ3) is 13.6. The van der Waals surface area contributed by atoms with Crippen LogP contribution in [0.3, 0.4) is 0 Å². The molecule has 0 unspecified atom stereocenters. The Bertz CT molecular complexity index is 1080. The lowest BCUT2D eigenvalue weighted by Crippen LogP contribution is -3.00. The summed E-state index contributed by atoms with van der Waals surface area (Å²) in [5, 5.41) is 5.19. The Hall–Kier alpha value is -2.18. The molecule has 0 aliphatic rings. The molecule has 39 heavy (non-hydrogen) atoms. The molecular weight excluding hydrogens is 568 g/mol. The average Bonchev–Trinajstić information content (AvgIpc) is 3.31. The number of amides is 1. The van der Waals surface area contributed by atoms with E-state index in [1.165, 1.54) is 81.9 Å². The van der Waals surface area contributed by atoms with Crippen molar-refractivity contribution in [3.8, 4) is 5.75 Å². The Labute approximate surface area is 251 Å². The quantitative estimate of drug-likeness (QED) is 0.140. The first-order valence-corrected chi connectivity index (χ1v) is 15.6. The fraction of sp³-hybridized carbons (Fsp3) is 0.515. The van der Waals surface area contributed by atoms with Gasteiger partial charge in [-0.05, 0) is 36.2 Å². The molecule has 0 fully saturated rings. The smallest absolute Gasteiger partial charge is 0.228 e. The molecule has 0 saturated heterocycles. The zero-order valence-corrected chi connectivity index (χ0v) is 26.3. The minimum Gasteiger partial charge on any atom is -1.00 e. The van der Waals surface area contributed by atoms with Gasteiger partial charge in [0.15, 0.2) is 12.2 Å². The number of rotatable bonds is 19. The van der Waals surface area contributed by atoms with Crippen molar-refractivity contribution in [2.45, 2.75) is 104 Å². The van der Waals surface area contributed by atoms with Gasteiger partial charge in [0.05, 0.1) is 18.4 Å². The van der Waals surface area contributed by atoms with Crippen LogP contribution < -0.4 is 31.6 Å². The predicted molar refractivity (Wildman–Crippen MR) is 160 cm³/mol. The summed E-state index contributed by atoms with van der Waals surface area (Å²) >= 11 is 1.70. The number of carbonyl (C=O) groups is 1. The zero-order valence-electron chi connectivity index (χ0n) is 23.9. The van der Waals surface area contributed by atoms with Gasteiger partial charge in [0.2, 0.25) is 11.4 Å². The summed E-state index contributed by atoms with van der Waals surface area (Å²) in [7, 11) is 0. The van der Waals surface area contributed by atoms with E-state index in [-0.39, 0.29) is 22.9 Å². The van der Waals surface area contributed by atoms with Gasteiger partial charge in [-0.1, -0.05) is 113 Å². The number of aryl methyl sites for hydroxylation is 1. The number of aromatic nitrogens is 1. The third-order valence-electron chi connectivity index (χ3n) is 6.97. The fourth-order valence-electron chi connectivity index (χ4n) is 4.73. The number of benzene rings is 2. The van der Waals surface area contributed by atoms with Gasteiger partial charge in [-0.2, -0.15) is 4.57 Å². The van der Waals surface area contributed by atoms with Crippen LogP contribution in [0.1, 0.15) is 101 Å². The third-order valence-corrected chi connectivity index (χ3v) is 7.83. The zero-order chi connectivity index (χ0) is 26.8. The average molecular weight is 616 g/mol. The molecule has 0 saturated carbocycles. The number of ether oxygens (including phenoxy) is 1. The van der Waals surface area contributed by atoms with Crippen LogP contribution in [0.5, 0.6) is 5.75 Å². The second-order valence-electron chi connectivity index (χ2n) is 10.4. The summed E-state index contributed by atoms with van der Waals surface area (Å²) in [5.41, 5.74) is 6.33. The first kappa shape index (κ1) is 33.0. The number of nitrogens with zero attached hydrogens (tertiary/aromatic N) is 1. The van der Waals surface area contributed by atoms with E-state index in [0.29, 0.717) is 6.42 Å². The van der Waals surface area contributed by atoms with E-state index in [0.717, 1.165) is 36.6 Å². The van der Waals surface area contributed by atoms with Crippen molar-refractivity contribution in [2.75, 3.05) is 11.9 Å². The molecule has 0 aliphatic carbocycles. The second kappa shape index (κ2) is 19.8. The van der Waals surface area contributed by atoms with E-state index >= 15 is 0 Å². The molecule has 0 radical (unpaired) electrons. The lowest BCUT2D eigenvalue weighted by Gasteiger charge is -2.09. The lowest BCUT2D eigenvalue weighted by molar-refractivity contribution is -0.689. The van der Waals surface area contributed by atoms with E-state index in [9.17, 15) is 4.79 Å². The lowest BCUT2D eigenvalue weighted by atomic mass is 10.1. The highest BCUT2D eigenvalue weighted by molar-refractivity contribution is 7.07. The largest absolute Gasteiger partial charge is 1.00 e. The Balaban J connectivity index is 0.00000533. The molecule has 0 aliphatic heterocycles. The number of hydrogen-bond donors (Lipinski definition) is 1. The van der Waals surface area contributed by atoms with Gasteiger partial charge in [-0.3, -0.25) is 4.79 Å². The number of unbranched alkanes of at least 4 members (excludes halogenated alkanes) is 11. The first-order valence-electron chi connectivity index (χ1n) is 14.7. The first-order chi connectivity index (χ1) is 18.6. The van der Waals surface area contributed by atoms with Crippen LogP contribution in [0.15, 0.2) is 59.4 Å². The molecule has 1 N–H and O–H groups in total. The molecular formula is C33H47BrN2O2S.